The fraction of sp³-hybridized carbons (Fsp3) is 0.320. The van der Waals surface area contributed by atoms with Gasteiger partial charge < -0.3 is 14.4 Å². The summed E-state index contributed by atoms with van der Waals surface area (Å²) in [6.45, 7) is 2.65. The van der Waals surface area contributed by atoms with E-state index in [0.29, 0.717) is 12.2 Å². The van der Waals surface area contributed by atoms with E-state index < -0.39 is 18.1 Å². The van der Waals surface area contributed by atoms with Gasteiger partial charge in [0.05, 0.1) is 18.2 Å². The van der Waals surface area contributed by atoms with E-state index in [1.54, 1.807) is 10.9 Å². The Morgan fingerprint density at radius 2 is 1.75 bits per heavy atom. The van der Waals surface area contributed by atoms with E-state index in [2.05, 4.69) is 29.2 Å². The van der Waals surface area contributed by atoms with Gasteiger partial charge in [-0.1, -0.05) is 48.5 Å². The zero-order chi connectivity index (χ0) is 22.2. The molecule has 7 heteroatoms. The van der Waals surface area contributed by atoms with Crippen molar-refractivity contribution < 1.29 is 19.4 Å². The number of carbonyl (C=O) groups is 2. The quantitative estimate of drug-likeness (QED) is 0.598. The minimum Gasteiger partial charge on any atom is -0.479 e. The topological polar surface area (TPSA) is 84.7 Å². The fourth-order valence-electron chi connectivity index (χ4n) is 4.70. The molecular formula is C25H25N3O4. The highest BCUT2D eigenvalue weighted by Crippen LogP contribution is 2.45. The Kier molecular flexibility index (Phi) is 5.17. The van der Waals surface area contributed by atoms with Crippen molar-refractivity contribution >= 4 is 12.1 Å². The number of carbonyl (C=O) groups excluding carboxylic acids is 1. The third kappa shape index (κ3) is 3.43. The molecule has 1 amide bonds. The standard InChI is InChI=1S/C25H25N3O4/c1-2-27-15-26-13-22(27)23(24(29)30)28(16-11-12-16)25(31)32-14-21-19-9-5-3-7-17(19)18-8-4-6-10-20(18)21/h3-10,13,15-16,21,23H,2,11-12,14H2,1H3,(H,29,30). The molecular weight excluding hydrogens is 406 g/mol. The van der Waals surface area contributed by atoms with Crippen LogP contribution in [0.25, 0.3) is 11.1 Å². The lowest BCUT2D eigenvalue weighted by atomic mass is 9.98. The Bertz CT molecular complexity index is 1120. The first-order valence-electron chi connectivity index (χ1n) is 11.0. The normalized spacial score (nSPS) is 15.7. The number of hydrogen-bond acceptors (Lipinski definition) is 4. The number of fused-ring (bicyclic) bond motifs is 3. The Morgan fingerprint density at radius 3 is 2.31 bits per heavy atom. The van der Waals surface area contributed by atoms with E-state index in [1.165, 1.54) is 11.1 Å². The number of aryl methyl sites for hydroxylation is 1. The van der Waals surface area contributed by atoms with Gasteiger partial charge in [0.25, 0.3) is 0 Å². The number of carboxylic acids is 1. The van der Waals surface area contributed by atoms with Crippen LogP contribution in [0.2, 0.25) is 0 Å². The molecule has 1 fully saturated rings. The van der Waals surface area contributed by atoms with Gasteiger partial charge in [-0.15, -0.1) is 0 Å². The molecule has 32 heavy (non-hydrogen) atoms. The number of imidazole rings is 1. The smallest absolute Gasteiger partial charge is 0.411 e. The second kappa shape index (κ2) is 8.15. The molecule has 1 saturated carbocycles. The van der Waals surface area contributed by atoms with Crippen molar-refractivity contribution in [3.8, 4) is 11.1 Å². The molecule has 2 aliphatic rings. The number of benzene rings is 2. The van der Waals surface area contributed by atoms with E-state index in [0.717, 1.165) is 35.1 Å². The molecule has 3 aromatic rings. The average molecular weight is 431 g/mol. The number of aromatic nitrogens is 2. The van der Waals surface area contributed by atoms with Crippen LogP contribution >= 0.6 is 0 Å². The lowest BCUT2D eigenvalue weighted by Gasteiger charge is -2.29. The highest BCUT2D eigenvalue weighted by molar-refractivity contribution is 5.82. The number of ether oxygens (including phenoxy) is 1. The molecule has 0 radical (unpaired) electrons. The summed E-state index contributed by atoms with van der Waals surface area (Å²) in [5.74, 6) is -1.16. The lowest BCUT2D eigenvalue weighted by Crippen LogP contribution is -2.42. The first kappa shape index (κ1) is 20.3. The van der Waals surface area contributed by atoms with Crippen LogP contribution in [-0.2, 0) is 16.1 Å². The van der Waals surface area contributed by atoms with Crippen LogP contribution in [-0.4, -0.2) is 44.3 Å². The molecule has 1 heterocycles. The van der Waals surface area contributed by atoms with Gasteiger partial charge in [0.1, 0.15) is 6.61 Å². The van der Waals surface area contributed by atoms with Gasteiger partial charge in [-0.2, -0.15) is 0 Å². The molecule has 0 bridgehead atoms. The highest BCUT2D eigenvalue weighted by atomic mass is 16.6. The fourth-order valence-corrected chi connectivity index (χ4v) is 4.70. The van der Waals surface area contributed by atoms with Crippen LogP contribution in [0.15, 0.2) is 61.1 Å². The Morgan fingerprint density at radius 1 is 1.12 bits per heavy atom. The first-order valence-corrected chi connectivity index (χ1v) is 11.0. The van der Waals surface area contributed by atoms with Gasteiger partial charge in [0, 0.05) is 18.5 Å². The minimum absolute atomic E-state index is 0.0724. The summed E-state index contributed by atoms with van der Waals surface area (Å²) in [6, 6.07) is 15.0. The van der Waals surface area contributed by atoms with Gasteiger partial charge in [-0.3, -0.25) is 4.90 Å². The summed E-state index contributed by atoms with van der Waals surface area (Å²) in [4.78, 5) is 31.0. The lowest BCUT2D eigenvalue weighted by molar-refractivity contribution is -0.143. The molecule has 7 nitrogen and oxygen atoms in total. The van der Waals surface area contributed by atoms with Gasteiger partial charge in [0.15, 0.2) is 6.04 Å². The van der Waals surface area contributed by atoms with Crippen molar-refractivity contribution in [1.82, 2.24) is 14.5 Å². The van der Waals surface area contributed by atoms with Crippen molar-refractivity contribution in [2.75, 3.05) is 6.61 Å². The van der Waals surface area contributed by atoms with E-state index in [-0.39, 0.29) is 18.6 Å². The summed E-state index contributed by atoms with van der Waals surface area (Å²) in [5.41, 5.74) is 5.04. The van der Waals surface area contributed by atoms with Crippen LogP contribution in [0.3, 0.4) is 0 Å². The van der Waals surface area contributed by atoms with E-state index in [9.17, 15) is 14.7 Å². The zero-order valence-corrected chi connectivity index (χ0v) is 17.8. The van der Waals surface area contributed by atoms with Crippen LogP contribution < -0.4 is 0 Å². The third-order valence-corrected chi connectivity index (χ3v) is 6.36. The maximum absolute atomic E-state index is 13.3. The molecule has 2 aromatic carbocycles. The zero-order valence-electron chi connectivity index (χ0n) is 17.8. The maximum Gasteiger partial charge on any atom is 0.411 e. The molecule has 1 N–H and O–H groups in total. The number of aliphatic carboxylic acids is 1. The SMILES string of the molecule is CCn1cncc1C(C(=O)O)N(C(=O)OCC1c2ccccc2-c2ccccc21)C1CC1. The molecule has 1 atom stereocenters. The number of nitrogens with zero attached hydrogens (tertiary/aromatic N) is 3. The number of hydrogen-bond donors (Lipinski definition) is 1. The summed E-state index contributed by atoms with van der Waals surface area (Å²) in [7, 11) is 0. The Balaban J connectivity index is 1.41. The highest BCUT2D eigenvalue weighted by Gasteiger charge is 2.44. The van der Waals surface area contributed by atoms with Crippen molar-refractivity contribution in [3.63, 3.8) is 0 Å². The number of carboxylic acid groups (broad SMARTS) is 1. The molecule has 5 rings (SSSR count). The van der Waals surface area contributed by atoms with Gasteiger partial charge in [-0.05, 0) is 42.0 Å². The number of amides is 1. The molecule has 2 aliphatic carbocycles. The van der Waals surface area contributed by atoms with Crippen LogP contribution in [0.1, 0.15) is 48.5 Å². The monoisotopic (exact) mass is 431 g/mol. The largest absolute Gasteiger partial charge is 0.479 e. The van der Waals surface area contributed by atoms with Gasteiger partial charge >= 0.3 is 12.1 Å². The average Bonchev–Trinajstić information content (AvgIpc) is 3.44. The molecule has 1 unspecified atom stereocenters. The molecule has 1 aromatic heterocycles. The van der Waals surface area contributed by atoms with Crippen LogP contribution in [0, 0.1) is 0 Å². The molecule has 0 saturated heterocycles. The summed E-state index contributed by atoms with van der Waals surface area (Å²) in [5, 5.41) is 10.0. The van der Waals surface area contributed by atoms with E-state index >= 15 is 0 Å². The molecule has 164 valence electrons. The van der Waals surface area contributed by atoms with Crippen LogP contribution in [0.5, 0.6) is 0 Å². The van der Waals surface area contributed by atoms with Gasteiger partial charge in [-0.25, -0.2) is 14.6 Å². The second-order valence-electron chi connectivity index (χ2n) is 8.29. The first-order chi connectivity index (χ1) is 15.6. The molecule has 0 spiro atoms. The van der Waals surface area contributed by atoms with E-state index in [1.807, 2.05) is 31.2 Å². The van der Waals surface area contributed by atoms with Crippen molar-refractivity contribution in [1.29, 1.82) is 0 Å². The summed E-state index contributed by atoms with van der Waals surface area (Å²) in [6.07, 6.45) is 4.07. The third-order valence-electron chi connectivity index (χ3n) is 6.36. The summed E-state index contributed by atoms with van der Waals surface area (Å²) < 4.78 is 7.55. The Hall–Kier alpha value is -3.61. The van der Waals surface area contributed by atoms with Gasteiger partial charge in [0.2, 0.25) is 0 Å². The van der Waals surface area contributed by atoms with Crippen LogP contribution in [0.4, 0.5) is 4.79 Å². The predicted octanol–water partition coefficient (Wildman–Crippen LogP) is 4.44. The predicted molar refractivity (Wildman–Crippen MR) is 118 cm³/mol. The van der Waals surface area contributed by atoms with Crippen molar-refractivity contribution in [2.45, 2.75) is 44.3 Å². The Labute approximate surface area is 186 Å². The second-order valence-corrected chi connectivity index (χ2v) is 8.29. The minimum atomic E-state index is -1.12. The van der Waals surface area contributed by atoms with Crippen molar-refractivity contribution in [3.05, 3.63) is 77.9 Å². The molecule has 0 aliphatic heterocycles. The number of rotatable bonds is 7. The maximum atomic E-state index is 13.3. The van der Waals surface area contributed by atoms with E-state index in [4.69, 9.17) is 4.74 Å². The summed E-state index contributed by atoms with van der Waals surface area (Å²) >= 11 is 0. The van der Waals surface area contributed by atoms with Crippen molar-refractivity contribution in [2.24, 2.45) is 0 Å².